The monoisotopic (exact) mass is 716 g/mol. The van der Waals surface area contributed by atoms with E-state index in [2.05, 4.69) is 41.5 Å². The van der Waals surface area contributed by atoms with Crippen LogP contribution in [0.2, 0.25) is 0 Å². The van der Waals surface area contributed by atoms with E-state index in [0.717, 1.165) is 21.5 Å². The highest BCUT2D eigenvalue weighted by molar-refractivity contribution is 7.85. The van der Waals surface area contributed by atoms with E-state index in [-0.39, 0.29) is 38.8 Å². The molecule has 0 saturated heterocycles. The number of carbonyl (C=O) groups is 1. The van der Waals surface area contributed by atoms with E-state index in [9.17, 15) is 17.8 Å². The number of amides is 1. The van der Waals surface area contributed by atoms with Crippen LogP contribution in [0.4, 0.5) is 5.13 Å². The van der Waals surface area contributed by atoms with E-state index in [1.165, 1.54) is 36.2 Å². The van der Waals surface area contributed by atoms with Gasteiger partial charge >= 0.3 is 21.2 Å². The lowest BCUT2D eigenvalue weighted by atomic mass is 10.2. The molecule has 0 atom stereocenters. The summed E-state index contributed by atoms with van der Waals surface area (Å²) in [5.74, 6) is 0.558. The number of aromatic nitrogens is 1. The third kappa shape index (κ3) is 9.33. The summed E-state index contributed by atoms with van der Waals surface area (Å²) in [5.41, 5.74) is 3.65. The number of aryl methyl sites for hydroxylation is 2. The molecule has 0 spiro atoms. The second-order valence-electron chi connectivity index (χ2n) is 9.03. The van der Waals surface area contributed by atoms with E-state index in [1.807, 2.05) is 56.3 Å². The average Bonchev–Trinajstić information content (AvgIpc) is 3.35. The molecule has 5 rings (SSSR count). The molecular formula is C31H29IN2O6S2. The van der Waals surface area contributed by atoms with Crippen LogP contribution in [0.15, 0.2) is 95.9 Å². The van der Waals surface area contributed by atoms with E-state index in [0.29, 0.717) is 17.3 Å². The van der Waals surface area contributed by atoms with Crippen molar-refractivity contribution in [3.8, 4) is 5.75 Å². The highest BCUT2D eigenvalue weighted by atomic mass is 127. The predicted molar refractivity (Wildman–Crippen MR) is 159 cm³/mol. The number of halogens is 1. The molecule has 1 N–H and O–H groups in total. The zero-order valence-electron chi connectivity index (χ0n) is 23.2. The Bertz CT molecular complexity index is 1760. The van der Waals surface area contributed by atoms with Crippen molar-refractivity contribution in [2.24, 2.45) is 0 Å². The predicted octanol–water partition coefficient (Wildman–Crippen LogP) is 3.26. The molecule has 0 radical (unpaired) electrons. The minimum atomic E-state index is -4.27. The largest absolute Gasteiger partial charge is 0.744 e. The van der Waals surface area contributed by atoms with Crippen LogP contribution in [0.3, 0.4) is 0 Å². The number of hydrogen-bond donors (Lipinski definition) is 1. The number of thiazole rings is 1. The SMILES string of the molecule is CCOCOc1ccc2nc(NC(=O)c3ccc([I+]c4cccc(C)c4)cc3)sc2c1.Cc1ccc(S(=O)(=O)[O-])cc1. The van der Waals surface area contributed by atoms with Crippen LogP contribution in [0, 0.1) is 21.0 Å². The number of rotatable bonds is 9. The smallest absolute Gasteiger partial charge is 0.357 e. The highest BCUT2D eigenvalue weighted by Crippen LogP contribution is 2.29. The summed E-state index contributed by atoms with van der Waals surface area (Å²) in [7, 11) is -4.27. The molecule has 218 valence electrons. The Morgan fingerprint density at radius 1 is 0.929 bits per heavy atom. The molecule has 5 aromatic rings. The lowest BCUT2D eigenvalue weighted by molar-refractivity contribution is -0.597. The molecule has 4 aromatic carbocycles. The van der Waals surface area contributed by atoms with Crippen molar-refractivity contribution >= 4 is 42.7 Å². The average molecular weight is 717 g/mol. The maximum atomic E-state index is 12.7. The lowest BCUT2D eigenvalue weighted by Gasteiger charge is -2.05. The molecule has 1 heterocycles. The fraction of sp³-hybridized carbons (Fsp3) is 0.161. The summed E-state index contributed by atoms with van der Waals surface area (Å²) in [5, 5.41) is 3.48. The summed E-state index contributed by atoms with van der Waals surface area (Å²) in [6.45, 7) is 6.67. The van der Waals surface area contributed by atoms with Gasteiger partial charge in [0.15, 0.2) is 19.1 Å². The Hall–Kier alpha value is -3.36. The fourth-order valence-electron chi connectivity index (χ4n) is 3.57. The van der Waals surface area contributed by atoms with Crippen LogP contribution < -0.4 is 31.3 Å². The van der Waals surface area contributed by atoms with Crippen molar-refractivity contribution in [1.82, 2.24) is 4.98 Å². The summed E-state index contributed by atoms with van der Waals surface area (Å²) >= 11 is 1.17. The summed E-state index contributed by atoms with van der Waals surface area (Å²) < 4.78 is 45.5. The van der Waals surface area contributed by atoms with Crippen LogP contribution in [-0.2, 0) is 14.9 Å². The molecule has 11 heteroatoms. The molecule has 0 fully saturated rings. The van der Waals surface area contributed by atoms with Gasteiger partial charge in [-0.2, -0.15) is 0 Å². The molecule has 1 aromatic heterocycles. The van der Waals surface area contributed by atoms with Crippen molar-refractivity contribution in [3.63, 3.8) is 0 Å². The zero-order chi connectivity index (χ0) is 30.1. The first-order valence-electron chi connectivity index (χ1n) is 12.9. The van der Waals surface area contributed by atoms with Gasteiger partial charge in [0.05, 0.1) is 15.1 Å². The van der Waals surface area contributed by atoms with Gasteiger partial charge in [-0.05, 0) is 93.1 Å². The number of hydrogen-bond acceptors (Lipinski definition) is 8. The zero-order valence-corrected chi connectivity index (χ0v) is 27.0. The number of carbonyl (C=O) groups excluding carboxylic acids is 1. The maximum absolute atomic E-state index is 12.7. The number of anilines is 1. The molecule has 1 amide bonds. The number of benzene rings is 4. The molecule has 0 bridgehead atoms. The second-order valence-corrected chi connectivity index (χ2v) is 14.5. The van der Waals surface area contributed by atoms with Crippen LogP contribution in [0.25, 0.3) is 10.2 Å². The van der Waals surface area contributed by atoms with Gasteiger partial charge in [-0.1, -0.05) is 41.2 Å². The molecule has 0 aliphatic carbocycles. The Kier molecular flexibility index (Phi) is 11.0. The molecule has 8 nitrogen and oxygen atoms in total. The van der Waals surface area contributed by atoms with Gasteiger partial charge in [0.1, 0.15) is 15.9 Å². The highest BCUT2D eigenvalue weighted by Gasteiger charge is 2.17. The summed E-state index contributed by atoms with van der Waals surface area (Å²) in [4.78, 5) is 17.0. The van der Waals surface area contributed by atoms with Gasteiger partial charge in [0.25, 0.3) is 5.91 Å². The van der Waals surface area contributed by atoms with Gasteiger partial charge in [0, 0.05) is 12.2 Å². The molecule has 0 unspecified atom stereocenters. The Morgan fingerprint density at radius 2 is 1.67 bits per heavy atom. The summed E-state index contributed by atoms with van der Waals surface area (Å²) in [6.07, 6.45) is 0. The maximum Gasteiger partial charge on any atom is 0.357 e. The summed E-state index contributed by atoms with van der Waals surface area (Å²) in [6, 6.07) is 27.9. The first kappa shape index (κ1) is 31.6. The topological polar surface area (TPSA) is 118 Å². The van der Waals surface area contributed by atoms with Crippen molar-refractivity contribution in [2.75, 3.05) is 18.7 Å². The minimum Gasteiger partial charge on any atom is -0.744 e. The number of fused-ring (bicyclic) bond motifs is 1. The minimum absolute atomic E-state index is 0.160. The molecule has 0 saturated carbocycles. The van der Waals surface area contributed by atoms with E-state index >= 15 is 0 Å². The normalized spacial score (nSPS) is 11.0. The van der Waals surface area contributed by atoms with E-state index in [1.54, 1.807) is 12.1 Å². The van der Waals surface area contributed by atoms with Crippen molar-refractivity contribution < 1.29 is 48.4 Å². The van der Waals surface area contributed by atoms with Gasteiger partial charge in [-0.15, -0.1) is 0 Å². The second kappa shape index (κ2) is 14.7. The van der Waals surface area contributed by atoms with Gasteiger partial charge in [0.2, 0.25) is 0 Å². The first-order valence-corrected chi connectivity index (χ1v) is 17.3. The van der Waals surface area contributed by atoms with E-state index < -0.39 is 10.1 Å². The molecule has 0 aliphatic heterocycles. The third-order valence-electron chi connectivity index (χ3n) is 5.71. The lowest BCUT2D eigenvalue weighted by Crippen LogP contribution is -3.61. The Balaban J connectivity index is 0.000000310. The molecular weight excluding hydrogens is 687 g/mol. The van der Waals surface area contributed by atoms with Gasteiger partial charge in [-0.3, -0.25) is 10.1 Å². The first-order chi connectivity index (χ1) is 20.1. The van der Waals surface area contributed by atoms with Crippen molar-refractivity contribution in [2.45, 2.75) is 25.7 Å². The third-order valence-corrected chi connectivity index (χ3v) is 10.1. The quantitative estimate of drug-likeness (QED) is 0.108. The number of nitrogens with one attached hydrogen (secondary N) is 1. The van der Waals surface area contributed by atoms with Gasteiger partial charge < -0.3 is 14.0 Å². The number of nitrogens with zero attached hydrogens (tertiary/aromatic N) is 1. The van der Waals surface area contributed by atoms with Crippen LogP contribution >= 0.6 is 11.3 Å². The van der Waals surface area contributed by atoms with Crippen molar-refractivity contribution in [1.29, 1.82) is 0 Å². The molecule has 42 heavy (non-hydrogen) atoms. The van der Waals surface area contributed by atoms with Crippen LogP contribution in [0.1, 0.15) is 28.4 Å². The standard InChI is InChI=1S/C24H21IN2O3S.C7H8O3S/c1-3-29-15-30-20-11-12-21-22(14-20)31-24(26-21)27-23(28)17-7-9-18(10-8-17)25-19-6-4-5-16(2)13-19;1-6-2-4-7(5-3-6)11(8,9)10/h4-14H,3,15H2,1-2H3;2-5H,1H3,(H,8,9,10). The van der Waals surface area contributed by atoms with E-state index in [4.69, 9.17) is 9.47 Å². The Labute approximate surface area is 259 Å². The van der Waals surface area contributed by atoms with Crippen LogP contribution in [-0.4, -0.2) is 37.3 Å². The Morgan fingerprint density at radius 3 is 2.33 bits per heavy atom. The van der Waals surface area contributed by atoms with Crippen molar-refractivity contribution in [3.05, 3.63) is 115 Å². The fourth-order valence-corrected chi connectivity index (χ4v) is 7.40. The molecule has 0 aliphatic rings. The van der Waals surface area contributed by atoms with Gasteiger partial charge in [-0.25, -0.2) is 13.4 Å². The number of ether oxygens (including phenoxy) is 2. The van der Waals surface area contributed by atoms with Crippen LogP contribution in [0.5, 0.6) is 5.75 Å².